The summed E-state index contributed by atoms with van der Waals surface area (Å²) in [6.07, 6.45) is 3.46. The number of rotatable bonds is 1. The van der Waals surface area contributed by atoms with Crippen molar-refractivity contribution in [3.63, 3.8) is 0 Å². The molecule has 0 aromatic rings. The van der Waals surface area contributed by atoms with Crippen molar-refractivity contribution in [2.75, 3.05) is 6.61 Å². The molecule has 0 spiro atoms. The molecule has 1 saturated carbocycles. The Morgan fingerprint density at radius 3 is 3.00 bits per heavy atom. The van der Waals surface area contributed by atoms with E-state index in [9.17, 15) is 5.11 Å². The third-order valence-corrected chi connectivity index (χ3v) is 1.95. The molecule has 0 amide bonds. The van der Waals surface area contributed by atoms with Crippen molar-refractivity contribution in [2.24, 2.45) is 0 Å². The molecule has 1 aliphatic carbocycles. The van der Waals surface area contributed by atoms with Gasteiger partial charge in [0, 0.05) is 12.5 Å². The van der Waals surface area contributed by atoms with E-state index in [1.165, 1.54) is 0 Å². The van der Waals surface area contributed by atoms with Crippen LogP contribution in [0.5, 0.6) is 0 Å². The van der Waals surface area contributed by atoms with Gasteiger partial charge in [0.25, 0.3) is 0 Å². The van der Waals surface area contributed by atoms with Crippen molar-refractivity contribution in [2.45, 2.75) is 25.4 Å². The Hall–Kier alpha value is -0.690. The van der Waals surface area contributed by atoms with Gasteiger partial charge in [-0.1, -0.05) is 0 Å². The minimum atomic E-state index is -0.278. The number of aliphatic hydroxyl groups is 2. The van der Waals surface area contributed by atoms with E-state index in [1.54, 1.807) is 6.08 Å². The van der Waals surface area contributed by atoms with Crippen LogP contribution >= 0.6 is 0 Å². The first kappa shape index (κ1) is 8.41. The van der Waals surface area contributed by atoms with Crippen LogP contribution in [0, 0.1) is 6.58 Å². The van der Waals surface area contributed by atoms with Gasteiger partial charge in [0.05, 0.1) is 31.3 Å². The maximum Gasteiger partial charge on any atom is 0.167 e. The summed E-state index contributed by atoms with van der Waals surface area (Å²) in [5.41, 5.74) is 1.72. The van der Waals surface area contributed by atoms with E-state index >= 15 is 0 Å². The number of hydrogen-bond acceptors (Lipinski definition) is 2. The zero-order valence-electron chi connectivity index (χ0n) is 6.45. The fourth-order valence-electron chi connectivity index (χ4n) is 1.29. The Labute approximate surface area is 66.9 Å². The van der Waals surface area contributed by atoms with Crippen LogP contribution in [-0.4, -0.2) is 22.9 Å². The molecule has 2 N–H and O–H groups in total. The molecule has 1 rings (SSSR count). The third-order valence-electron chi connectivity index (χ3n) is 1.95. The molecule has 2 heteroatoms. The second kappa shape index (κ2) is 3.63. The molecule has 1 atom stereocenters. The molecule has 0 saturated heterocycles. The van der Waals surface area contributed by atoms with Gasteiger partial charge >= 0.3 is 0 Å². The van der Waals surface area contributed by atoms with Gasteiger partial charge in [0.1, 0.15) is 0 Å². The lowest BCUT2D eigenvalue weighted by Gasteiger charge is -2.14. The van der Waals surface area contributed by atoms with Crippen molar-refractivity contribution in [3.05, 3.63) is 23.8 Å². The quantitative estimate of drug-likeness (QED) is 0.547. The summed E-state index contributed by atoms with van der Waals surface area (Å²) in [4.78, 5) is 0. The lowest BCUT2D eigenvalue weighted by atomic mass is 9.88. The predicted octanol–water partition coefficient (Wildman–Crippen LogP) is 0.809. The Bertz CT molecular complexity index is 182. The van der Waals surface area contributed by atoms with Crippen LogP contribution in [0.1, 0.15) is 19.3 Å². The minimum Gasteiger partial charge on any atom is -0.391 e. The van der Waals surface area contributed by atoms with Crippen LogP contribution in [0.2, 0.25) is 0 Å². The second-order valence-corrected chi connectivity index (χ2v) is 2.83. The van der Waals surface area contributed by atoms with Crippen LogP contribution in [0.15, 0.2) is 17.2 Å². The Morgan fingerprint density at radius 1 is 1.64 bits per heavy atom. The predicted molar refractivity (Wildman–Crippen MR) is 42.8 cm³/mol. The van der Waals surface area contributed by atoms with E-state index in [0.29, 0.717) is 6.42 Å². The molecule has 1 fully saturated rings. The molecule has 0 radical (unpaired) electrons. The summed E-state index contributed by atoms with van der Waals surface area (Å²) in [6, 6.07) is 0. The van der Waals surface area contributed by atoms with Crippen molar-refractivity contribution in [3.8, 4) is 0 Å². The second-order valence-electron chi connectivity index (χ2n) is 2.83. The Morgan fingerprint density at radius 2 is 2.36 bits per heavy atom. The molecule has 2 nitrogen and oxygen atoms in total. The molecular formula is C9H13O2+. The molecule has 0 aromatic heterocycles. The average molecular weight is 153 g/mol. The zero-order chi connectivity index (χ0) is 8.27. The van der Waals surface area contributed by atoms with Crippen LogP contribution in [0.4, 0.5) is 0 Å². The summed E-state index contributed by atoms with van der Waals surface area (Å²) in [5.74, 6) is 0. The molecule has 0 bridgehead atoms. The van der Waals surface area contributed by atoms with Gasteiger partial charge in [-0.25, -0.2) is 0 Å². The van der Waals surface area contributed by atoms with E-state index in [1.807, 2.05) is 0 Å². The SMILES string of the molecule is [CH+]=C1CCC(O)C/C1=C/CO. The van der Waals surface area contributed by atoms with Gasteiger partial charge in [-0.05, 0) is 6.42 Å². The van der Waals surface area contributed by atoms with Crippen molar-refractivity contribution < 1.29 is 10.2 Å². The molecule has 0 aromatic carbocycles. The zero-order valence-corrected chi connectivity index (χ0v) is 6.45. The lowest BCUT2D eigenvalue weighted by Crippen LogP contribution is -2.14. The highest BCUT2D eigenvalue weighted by molar-refractivity contribution is 5.29. The van der Waals surface area contributed by atoms with E-state index in [-0.39, 0.29) is 12.7 Å². The van der Waals surface area contributed by atoms with Gasteiger partial charge < -0.3 is 10.2 Å². The van der Waals surface area contributed by atoms with Crippen LogP contribution in [-0.2, 0) is 0 Å². The fourth-order valence-corrected chi connectivity index (χ4v) is 1.29. The molecule has 1 aliphatic rings. The first-order chi connectivity index (χ1) is 5.24. The molecular weight excluding hydrogens is 140 g/mol. The molecule has 11 heavy (non-hydrogen) atoms. The van der Waals surface area contributed by atoms with Crippen molar-refractivity contribution in [1.29, 1.82) is 0 Å². The Kier molecular flexibility index (Phi) is 2.77. The van der Waals surface area contributed by atoms with Gasteiger partial charge in [-0.15, -0.1) is 0 Å². The number of hydrogen-bond donors (Lipinski definition) is 2. The summed E-state index contributed by atoms with van der Waals surface area (Å²) < 4.78 is 0. The highest BCUT2D eigenvalue weighted by Crippen LogP contribution is 2.26. The first-order valence-corrected chi connectivity index (χ1v) is 3.83. The summed E-state index contributed by atoms with van der Waals surface area (Å²) in [6.45, 7) is 5.66. The minimum absolute atomic E-state index is 0.00273. The number of allylic oxidation sites excluding steroid dienone is 1. The van der Waals surface area contributed by atoms with Gasteiger partial charge in [0.2, 0.25) is 0 Å². The third kappa shape index (κ3) is 2.12. The molecule has 1 unspecified atom stereocenters. The summed E-state index contributed by atoms with van der Waals surface area (Å²) in [5, 5.41) is 17.8. The molecule has 60 valence electrons. The Balaban J connectivity index is 2.61. The normalized spacial score (nSPS) is 29.4. The van der Waals surface area contributed by atoms with Crippen LogP contribution in [0.3, 0.4) is 0 Å². The maximum atomic E-state index is 9.23. The van der Waals surface area contributed by atoms with E-state index in [4.69, 9.17) is 11.7 Å². The smallest absolute Gasteiger partial charge is 0.167 e. The highest BCUT2D eigenvalue weighted by Gasteiger charge is 2.24. The van der Waals surface area contributed by atoms with Crippen LogP contribution in [0.25, 0.3) is 0 Å². The molecule has 0 heterocycles. The summed E-state index contributed by atoms with van der Waals surface area (Å²) >= 11 is 0. The van der Waals surface area contributed by atoms with Gasteiger partial charge in [-0.3, -0.25) is 0 Å². The van der Waals surface area contributed by atoms with Crippen LogP contribution < -0.4 is 0 Å². The highest BCUT2D eigenvalue weighted by atomic mass is 16.3. The van der Waals surface area contributed by atoms with E-state index < -0.39 is 0 Å². The van der Waals surface area contributed by atoms with Crippen molar-refractivity contribution in [1.82, 2.24) is 0 Å². The maximum absolute atomic E-state index is 9.23. The van der Waals surface area contributed by atoms with Crippen molar-refractivity contribution >= 4 is 0 Å². The van der Waals surface area contributed by atoms with E-state index in [0.717, 1.165) is 24.0 Å². The largest absolute Gasteiger partial charge is 0.391 e. The topological polar surface area (TPSA) is 40.5 Å². The lowest BCUT2D eigenvalue weighted by molar-refractivity contribution is 0.157. The molecule has 0 aliphatic heterocycles. The first-order valence-electron chi connectivity index (χ1n) is 3.83. The standard InChI is InChI=1S/C9H13O2/c1-7-2-3-9(11)6-8(7)4-5-10/h1,4,9-11H,2-3,5-6H2/q+1/b8-4-. The number of aliphatic hydroxyl groups excluding tert-OH is 2. The van der Waals surface area contributed by atoms with Gasteiger partial charge in [-0.2, -0.15) is 0 Å². The van der Waals surface area contributed by atoms with E-state index in [2.05, 4.69) is 0 Å². The fraction of sp³-hybridized carbons (Fsp3) is 0.556. The summed E-state index contributed by atoms with van der Waals surface area (Å²) in [7, 11) is 0. The monoisotopic (exact) mass is 153 g/mol. The average Bonchev–Trinajstić information content (AvgIpc) is 1.98. The van der Waals surface area contributed by atoms with Gasteiger partial charge in [0.15, 0.2) is 5.57 Å².